The Bertz CT molecular complexity index is 1270. The van der Waals surface area contributed by atoms with Crippen molar-refractivity contribution in [2.24, 2.45) is 29.1 Å². The zero-order chi connectivity index (χ0) is 29.4. The Morgan fingerprint density at radius 1 is 0.950 bits per heavy atom. The lowest BCUT2D eigenvalue weighted by atomic mass is 9.80. The van der Waals surface area contributed by atoms with Gasteiger partial charge in [-0.25, -0.2) is 4.79 Å². The molecule has 2 saturated carbocycles. The summed E-state index contributed by atoms with van der Waals surface area (Å²) in [5, 5.41) is 11.2. The number of Topliss-reactive ketones (excluding diaryl/α,β-unsaturated/α-hetero) is 1. The number of hydrogen-bond donors (Lipinski definition) is 1. The maximum atomic E-state index is 14.2. The molecule has 9 heteroatoms. The number of esters is 3. The van der Waals surface area contributed by atoms with Crippen LogP contribution in [-0.4, -0.2) is 64.4 Å². The lowest BCUT2D eigenvalue weighted by Gasteiger charge is -2.30. The summed E-state index contributed by atoms with van der Waals surface area (Å²) in [7, 11) is 0. The summed E-state index contributed by atoms with van der Waals surface area (Å²) < 4.78 is 24.0. The fourth-order valence-corrected chi connectivity index (χ4v) is 7.60. The van der Waals surface area contributed by atoms with E-state index in [0.717, 1.165) is 0 Å². The Morgan fingerprint density at radius 2 is 1.55 bits per heavy atom. The maximum absolute atomic E-state index is 14.2. The molecule has 5 rings (SSSR count). The summed E-state index contributed by atoms with van der Waals surface area (Å²) in [6, 6.07) is 8.51. The molecule has 1 aromatic carbocycles. The first kappa shape index (κ1) is 28.5. The van der Waals surface area contributed by atoms with Crippen molar-refractivity contribution in [2.45, 2.75) is 90.5 Å². The molecule has 9 nitrogen and oxygen atoms in total. The molecular weight excluding hydrogens is 516 g/mol. The van der Waals surface area contributed by atoms with Crippen molar-refractivity contribution in [1.82, 2.24) is 0 Å². The van der Waals surface area contributed by atoms with Crippen LogP contribution in [0.3, 0.4) is 0 Å². The monoisotopic (exact) mass is 554 g/mol. The Hall–Kier alpha value is -3.04. The van der Waals surface area contributed by atoms with Gasteiger partial charge < -0.3 is 24.1 Å². The molecule has 40 heavy (non-hydrogen) atoms. The van der Waals surface area contributed by atoms with Crippen molar-refractivity contribution in [3.05, 3.63) is 47.5 Å². The Balaban J connectivity index is 1.67. The van der Waals surface area contributed by atoms with Gasteiger partial charge in [-0.05, 0) is 48.5 Å². The summed E-state index contributed by atoms with van der Waals surface area (Å²) in [5.74, 6) is -3.76. The Labute approximate surface area is 234 Å². The highest BCUT2D eigenvalue weighted by Crippen LogP contribution is 2.68. The van der Waals surface area contributed by atoms with E-state index in [9.17, 15) is 24.3 Å². The highest BCUT2D eigenvalue weighted by Gasteiger charge is 2.82. The molecule has 0 unspecified atom stereocenters. The second-order valence-corrected chi connectivity index (χ2v) is 12.6. The highest BCUT2D eigenvalue weighted by molar-refractivity contribution is 5.96. The third-order valence-corrected chi connectivity index (χ3v) is 9.57. The van der Waals surface area contributed by atoms with E-state index >= 15 is 0 Å². The predicted molar refractivity (Wildman–Crippen MR) is 142 cm³/mol. The second kappa shape index (κ2) is 9.52. The van der Waals surface area contributed by atoms with Crippen LogP contribution >= 0.6 is 0 Å². The number of carbonyl (C=O) groups excluding carboxylic acids is 4. The minimum Gasteiger partial charge on any atom is -0.461 e. The highest BCUT2D eigenvalue weighted by atomic mass is 16.7. The van der Waals surface area contributed by atoms with Crippen molar-refractivity contribution in [3.8, 4) is 0 Å². The lowest BCUT2D eigenvalue weighted by Crippen LogP contribution is -2.43. The third kappa shape index (κ3) is 4.20. The molecule has 0 bridgehead atoms. The number of fused-ring (bicyclic) bond motifs is 1. The quantitative estimate of drug-likeness (QED) is 0.258. The molecule has 1 saturated heterocycles. The number of aliphatic hydroxyl groups is 1. The molecule has 3 aliphatic carbocycles. The largest absolute Gasteiger partial charge is 0.461 e. The number of rotatable bonds is 4. The molecular formula is C31H38O9. The molecule has 0 radical (unpaired) electrons. The predicted octanol–water partition coefficient (Wildman–Crippen LogP) is 3.42. The molecule has 1 heterocycles. The van der Waals surface area contributed by atoms with Crippen LogP contribution < -0.4 is 0 Å². The standard InChI is InChI=1S/C31H38O9/c1-15-13-30-26(34)16(2)14-31(30,40-30)27(35)17(3)24(38-19(5)33)21-22(29(21,6)7)25(23(15)37-18(4)32)39-28(36)20-11-9-8-10-12-20/h8-13,16-17,21-26,34H,14H2,1-7H3/t16-,17-,21+,22-,23-,24+,25+,26-,30+,31+/m1/s1. The number of carbonyl (C=O) groups is 4. The average molecular weight is 555 g/mol. The van der Waals surface area contributed by atoms with Crippen LogP contribution in [0.4, 0.5) is 0 Å². The number of ether oxygens (including phenoxy) is 4. The van der Waals surface area contributed by atoms with Gasteiger partial charge in [0, 0.05) is 25.7 Å². The van der Waals surface area contributed by atoms with Gasteiger partial charge in [0.25, 0.3) is 0 Å². The summed E-state index contributed by atoms with van der Waals surface area (Å²) in [4.78, 5) is 52.3. The fraction of sp³-hybridized carbons (Fsp3) is 0.613. The second-order valence-electron chi connectivity index (χ2n) is 12.6. The van der Waals surface area contributed by atoms with Gasteiger partial charge in [0.1, 0.15) is 12.2 Å². The van der Waals surface area contributed by atoms with E-state index in [1.54, 1.807) is 50.3 Å². The van der Waals surface area contributed by atoms with Crippen LogP contribution in [0, 0.1) is 29.1 Å². The van der Waals surface area contributed by atoms with Crippen molar-refractivity contribution in [2.75, 3.05) is 0 Å². The molecule has 1 aromatic rings. The summed E-state index contributed by atoms with van der Waals surface area (Å²) >= 11 is 0. The summed E-state index contributed by atoms with van der Waals surface area (Å²) in [5.41, 5.74) is -2.32. The zero-order valence-electron chi connectivity index (χ0n) is 24.0. The van der Waals surface area contributed by atoms with Gasteiger partial charge in [-0.2, -0.15) is 0 Å². The molecule has 1 aliphatic heterocycles. The van der Waals surface area contributed by atoms with Crippen LogP contribution in [0.15, 0.2) is 42.0 Å². The van der Waals surface area contributed by atoms with E-state index in [1.165, 1.54) is 13.8 Å². The van der Waals surface area contributed by atoms with Gasteiger partial charge >= 0.3 is 17.9 Å². The van der Waals surface area contributed by atoms with Gasteiger partial charge in [0.05, 0.1) is 17.6 Å². The minimum absolute atomic E-state index is 0.239. The van der Waals surface area contributed by atoms with Crippen LogP contribution in [-0.2, 0) is 33.3 Å². The van der Waals surface area contributed by atoms with Gasteiger partial charge in [0.2, 0.25) is 0 Å². The smallest absolute Gasteiger partial charge is 0.338 e. The number of ketones is 1. The topological polar surface area (TPSA) is 129 Å². The van der Waals surface area contributed by atoms with E-state index in [4.69, 9.17) is 18.9 Å². The summed E-state index contributed by atoms with van der Waals surface area (Å²) in [6.07, 6.45) is -1.84. The first-order valence-corrected chi connectivity index (χ1v) is 13.9. The van der Waals surface area contributed by atoms with E-state index in [0.29, 0.717) is 17.6 Å². The van der Waals surface area contributed by atoms with Crippen LogP contribution in [0.5, 0.6) is 0 Å². The molecule has 3 fully saturated rings. The molecule has 10 atom stereocenters. The molecule has 216 valence electrons. The molecule has 1 N–H and O–H groups in total. The number of aliphatic hydroxyl groups excluding tert-OH is 1. The lowest BCUT2D eigenvalue weighted by molar-refractivity contribution is -0.154. The van der Waals surface area contributed by atoms with E-state index in [-0.39, 0.29) is 17.6 Å². The zero-order valence-corrected chi connectivity index (χ0v) is 24.0. The number of hydrogen-bond acceptors (Lipinski definition) is 9. The fourth-order valence-electron chi connectivity index (χ4n) is 7.60. The van der Waals surface area contributed by atoms with Gasteiger partial charge in [-0.1, -0.05) is 45.9 Å². The van der Waals surface area contributed by atoms with Gasteiger partial charge in [-0.3, -0.25) is 14.4 Å². The van der Waals surface area contributed by atoms with Crippen molar-refractivity contribution < 1.29 is 43.2 Å². The molecule has 4 aliphatic rings. The first-order chi connectivity index (χ1) is 18.7. The van der Waals surface area contributed by atoms with Crippen LogP contribution in [0.2, 0.25) is 0 Å². The normalized spacial score (nSPS) is 41.2. The third-order valence-electron chi connectivity index (χ3n) is 9.57. The van der Waals surface area contributed by atoms with Crippen molar-refractivity contribution >= 4 is 23.7 Å². The van der Waals surface area contributed by atoms with Crippen LogP contribution in [0.1, 0.15) is 65.2 Å². The van der Waals surface area contributed by atoms with Gasteiger partial charge in [0.15, 0.2) is 23.1 Å². The molecule has 0 amide bonds. The average Bonchev–Trinajstić information content (AvgIpc) is 3.68. The van der Waals surface area contributed by atoms with Crippen molar-refractivity contribution in [3.63, 3.8) is 0 Å². The van der Waals surface area contributed by atoms with E-state index in [2.05, 4.69) is 0 Å². The van der Waals surface area contributed by atoms with Gasteiger partial charge in [-0.15, -0.1) is 0 Å². The number of benzene rings is 1. The Kier molecular flexibility index (Phi) is 6.78. The first-order valence-electron chi connectivity index (χ1n) is 13.9. The molecule has 0 aromatic heterocycles. The number of epoxide rings is 1. The minimum atomic E-state index is -1.32. The van der Waals surface area contributed by atoms with E-state index < -0.39 is 70.8 Å². The van der Waals surface area contributed by atoms with Crippen molar-refractivity contribution in [1.29, 1.82) is 0 Å². The maximum Gasteiger partial charge on any atom is 0.338 e. The van der Waals surface area contributed by atoms with Crippen LogP contribution in [0.25, 0.3) is 0 Å². The SMILES string of the molecule is CC(=O)O[C@@H]1[C@@H]2[C@H]([C@H](OC(=O)c3ccccc3)[C@H](OC(C)=O)C(C)=C[C@@]34O[C@@]3(C[C@@H](C)[C@H]4O)C(=O)[C@@H]1C)C2(C)C. The van der Waals surface area contributed by atoms with E-state index in [1.807, 2.05) is 20.8 Å². The molecule has 0 spiro atoms. The summed E-state index contributed by atoms with van der Waals surface area (Å²) in [6.45, 7) is 11.8. The Morgan fingerprint density at radius 3 is 2.15 bits per heavy atom.